The zero-order chi connectivity index (χ0) is 16.8. The van der Waals surface area contributed by atoms with E-state index in [2.05, 4.69) is 24.9 Å². The van der Waals surface area contributed by atoms with Crippen LogP contribution in [0.5, 0.6) is 0 Å². The van der Waals surface area contributed by atoms with E-state index in [1.165, 1.54) is 18.5 Å². The molecule has 7 heteroatoms. The molecule has 0 spiro atoms. The average molecular weight is 328 g/mol. The van der Waals surface area contributed by atoms with Gasteiger partial charge in [0.2, 0.25) is 5.91 Å². The molecule has 1 N–H and O–H groups in total. The number of carbonyl (C=O) groups excluding carboxylic acids is 1. The number of hydrogen-bond donors (Lipinski definition) is 1. The molecule has 2 aliphatic rings. The largest absolute Gasteiger partial charge is 0.331 e. The van der Waals surface area contributed by atoms with Crippen LogP contribution in [0.25, 0.3) is 0 Å². The summed E-state index contributed by atoms with van der Waals surface area (Å²) in [6.45, 7) is 5.94. The van der Waals surface area contributed by atoms with Crippen LogP contribution in [-0.4, -0.2) is 43.2 Å². The number of aromatic nitrogens is 4. The zero-order valence-electron chi connectivity index (χ0n) is 14.5. The van der Waals surface area contributed by atoms with Gasteiger partial charge in [0.05, 0.1) is 35.6 Å². The third-order valence-corrected chi connectivity index (χ3v) is 5.10. The minimum absolute atomic E-state index is 0.0132. The lowest BCUT2D eigenvalue weighted by Crippen LogP contribution is -2.37. The second-order valence-electron chi connectivity index (χ2n) is 6.95. The number of aryl methyl sites for hydroxylation is 2. The molecule has 0 unspecified atom stereocenters. The number of nitrogens with zero attached hydrogens (tertiary/aromatic N) is 5. The van der Waals surface area contributed by atoms with E-state index in [4.69, 9.17) is 0 Å². The molecule has 24 heavy (non-hydrogen) atoms. The molecule has 3 heterocycles. The van der Waals surface area contributed by atoms with Crippen molar-refractivity contribution >= 4 is 11.6 Å². The number of rotatable bonds is 4. The Morgan fingerprint density at radius 2 is 2.17 bits per heavy atom. The molecule has 2 aromatic rings. The van der Waals surface area contributed by atoms with Crippen molar-refractivity contribution in [2.24, 2.45) is 7.05 Å². The lowest BCUT2D eigenvalue weighted by molar-refractivity contribution is -0.117. The van der Waals surface area contributed by atoms with Crippen molar-refractivity contribution in [2.45, 2.75) is 45.7 Å². The van der Waals surface area contributed by atoms with Gasteiger partial charge in [0, 0.05) is 38.3 Å². The molecule has 0 saturated heterocycles. The van der Waals surface area contributed by atoms with Crippen molar-refractivity contribution < 1.29 is 4.79 Å². The van der Waals surface area contributed by atoms with Crippen LogP contribution in [0.3, 0.4) is 0 Å². The number of fused-ring (bicyclic) bond motifs is 1. The molecule has 0 atom stereocenters. The van der Waals surface area contributed by atoms with Crippen LogP contribution in [0, 0.1) is 13.8 Å². The van der Waals surface area contributed by atoms with E-state index in [1.807, 2.05) is 27.2 Å². The Labute approximate surface area is 141 Å². The van der Waals surface area contributed by atoms with Gasteiger partial charge in [0.1, 0.15) is 0 Å². The van der Waals surface area contributed by atoms with Crippen LogP contribution in [0.1, 0.15) is 41.7 Å². The SMILES string of the molecule is Cc1nn(C)c(C)c1NC(=O)CN1CCc2c(ncn2C2CC2)C1. The lowest BCUT2D eigenvalue weighted by Gasteiger charge is -2.26. The molecule has 0 aromatic carbocycles. The third-order valence-electron chi connectivity index (χ3n) is 5.10. The minimum atomic E-state index is 0.0132. The van der Waals surface area contributed by atoms with Gasteiger partial charge in [0.25, 0.3) is 0 Å². The van der Waals surface area contributed by atoms with Crippen LogP contribution in [-0.2, 0) is 24.8 Å². The van der Waals surface area contributed by atoms with E-state index >= 15 is 0 Å². The van der Waals surface area contributed by atoms with Gasteiger partial charge >= 0.3 is 0 Å². The summed E-state index contributed by atoms with van der Waals surface area (Å²) in [6, 6.07) is 0.674. The summed E-state index contributed by atoms with van der Waals surface area (Å²) >= 11 is 0. The maximum Gasteiger partial charge on any atom is 0.238 e. The van der Waals surface area contributed by atoms with E-state index < -0.39 is 0 Å². The molecular formula is C17H24N6O. The molecule has 1 saturated carbocycles. The summed E-state index contributed by atoms with van der Waals surface area (Å²) in [5.74, 6) is 0.0132. The Morgan fingerprint density at radius 1 is 1.38 bits per heavy atom. The zero-order valence-corrected chi connectivity index (χ0v) is 14.5. The Bertz CT molecular complexity index is 785. The molecular weight excluding hydrogens is 304 g/mol. The molecule has 2 aromatic heterocycles. The third kappa shape index (κ3) is 2.73. The topological polar surface area (TPSA) is 68.0 Å². The predicted octanol–water partition coefficient (Wildman–Crippen LogP) is 1.57. The molecule has 1 aliphatic heterocycles. The van der Waals surface area contributed by atoms with Gasteiger partial charge < -0.3 is 9.88 Å². The lowest BCUT2D eigenvalue weighted by atomic mass is 10.1. The summed E-state index contributed by atoms with van der Waals surface area (Å²) in [4.78, 5) is 19.2. The first-order valence-electron chi connectivity index (χ1n) is 8.60. The first-order valence-corrected chi connectivity index (χ1v) is 8.60. The molecule has 4 rings (SSSR count). The molecule has 0 bridgehead atoms. The summed E-state index contributed by atoms with van der Waals surface area (Å²) in [5.41, 5.74) is 5.17. The second kappa shape index (κ2) is 5.73. The average Bonchev–Trinajstić information content (AvgIpc) is 3.26. The van der Waals surface area contributed by atoms with E-state index in [0.717, 1.165) is 42.3 Å². The van der Waals surface area contributed by atoms with E-state index in [1.54, 1.807) is 4.68 Å². The number of imidazole rings is 1. The normalized spacial score (nSPS) is 17.8. The first-order chi connectivity index (χ1) is 11.5. The monoisotopic (exact) mass is 328 g/mol. The Morgan fingerprint density at radius 3 is 2.83 bits per heavy atom. The number of carbonyl (C=O) groups is 1. The van der Waals surface area contributed by atoms with E-state index in [-0.39, 0.29) is 5.91 Å². The standard InChI is InChI=1S/C17H24N6O/c1-11-17(12(2)21(3)20-11)19-16(24)9-22-7-6-15-14(8-22)18-10-23(15)13-4-5-13/h10,13H,4-9H2,1-3H3,(H,19,24). The number of anilines is 1. The molecule has 1 amide bonds. The van der Waals surface area contributed by atoms with Gasteiger partial charge in [-0.25, -0.2) is 4.98 Å². The Balaban J connectivity index is 1.40. The smallest absolute Gasteiger partial charge is 0.238 e. The number of hydrogen-bond acceptors (Lipinski definition) is 4. The van der Waals surface area contributed by atoms with E-state index in [0.29, 0.717) is 12.6 Å². The van der Waals surface area contributed by atoms with Crippen molar-refractivity contribution in [3.05, 3.63) is 29.1 Å². The van der Waals surface area contributed by atoms with Crippen molar-refractivity contribution in [3.63, 3.8) is 0 Å². The first kappa shape index (κ1) is 15.4. The maximum atomic E-state index is 12.4. The van der Waals surface area contributed by atoms with Crippen LogP contribution >= 0.6 is 0 Å². The quantitative estimate of drug-likeness (QED) is 0.925. The van der Waals surface area contributed by atoms with Crippen molar-refractivity contribution in [2.75, 3.05) is 18.4 Å². The summed E-state index contributed by atoms with van der Waals surface area (Å²) in [5, 5.41) is 7.36. The summed E-state index contributed by atoms with van der Waals surface area (Å²) in [6.07, 6.45) is 5.51. The van der Waals surface area contributed by atoms with Gasteiger partial charge in [0.15, 0.2) is 0 Å². The van der Waals surface area contributed by atoms with Crippen LogP contribution in [0.4, 0.5) is 5.69 Å². The molecule has 1 aliphatic carbocycles. The maximum absolute atomic E-state index is 12.4. The van der Waals surface area contributed by atoms with Gasteiger partial charge in [-0.1, -0.05) is 0 Å². The van der Waals surface area contributed by atoms with Crippen LogP contribution in [0.15, 0.2) is 6.33 Å². The van der Waals surface area contributed by atoms with E-state index in [9.17, 15) is 4.79 Å². The van der Waals surface area contributed by atoms with Crippen molar-refractivity contribution in [1.29, 1.82) is 0 Å². The highest BCUT2D eigenvalue weighted by Gasteiger charge is 2.30. The number of amides is 1. The van der Waals surface area contributed by atoms with Crippen molar-refractivity contribution in [1.82, 2.24) is 24.2 Å². The molecule has 1 fully saturated rings. The fourth-order valence-electron chi connectivity index (χ4n) is 3.52. The minimum Gasteiger partial charge on any atom is -0.331 e. The predicted molar refractivity (Wildman–Crippen MR) is 90.8 cm³/mol. The Kier molecular flexibility index (Phi) is 3.68. The highest BCUT2D eigenvalue weighted by atomic mass is 16.2. The highest BCUT2D eigenvalue weighted by Crippen LogP contribution is 2.37. The van der Waals surface area contributed by atoms with Crippen molar-refractivity contribution in [3.8, 4) is 0 Å². The summed E-state index contributed by atoms with van der Waals surface area (Å²) in [7, 11) is 1.89. The summed E-state index contributed by atoms with van der Waals surface area (Å²) < 4.78 is 4.14. The van der Waals surface area contributed by atoms with Gasteiger partial charge in [-0.05, 0) is 26.7 Å². The Hall–Kier alpha value is -2.15. The van der Waals surface area contributed by atoms with Gasteiger partial charge in [-0.3, -0.25) is 14.4 Å². The van der Waals surface area contributed by atoms with Crippen LogP contribution < -0.4 is 5.32 Å². The molecule has 0 radical (unpaired) electrons. The number of nitrogens with one attached hydrogen (secondary N) is 1. The van der Waals surface area contributed by atoms with Gasteiger partial charge in [-0.2, -0.15) is 5.10 Å². The molecule has 128 valence electrons. The van der Waals surface area contributed by atoms with Gasteiger partial charge in [-0.15, -0.1) is 0 Å². The fraction of sp³-hybridized carbons (Fsp3) is 0.588. The second-order valence-corrected chi connectivity index (χ2v) is 6.95. The van der Waals surface area contributed by atoms with Crippen LogP contribution in [0.2, 0.25) is 0 Å². The molecule has 7 nitrogen and oxygen atoms in total. The highest BCUT2D eigenvalue weighted by molar-refractivity contribution is 5.93. The fourth-order valence-corrected chi connectivity index (χ4v) is 3.52.